The van der Waals surface area contributed by atoms with Crippen LogP contribution in [0.3, 0.4) is 0 Å². The van der Waals surface area contributed by atoms with E-state index in [1.807, 2.05) is 0 Å². The molecule has 5 rings (SSSR count). The van der Waals surface area contributed by atoms with E-state index in [0.717, 1.165) is 38.5 Å². The molecule has 0 bridgehead atoms. The minimum atomic E-state index is -0.658. The third-order valence-corrected chi connectivity index (χ3v) is 12.3. The van der Waals surface area contributed by atoms with Gasteiger partial charge in [-0.25, -0.2) is 0 Å². The SMILES string of the molecule is CC1(C)CC2(CC(C)(C)N1)OC(C1CCCCCCCCCC1)NC2=O.CCCCCCCCCCCC1NC(=O)C2(CC(C)(C)NC(C)(C)C2)O1. The van der Waals surface area contributed by atoms with E-state index in [1.165, 1.54) is 116 Å². The number of hydrogen-bond acceptors (Lipinski definition) is 6. The Bertz CT molecular complexity index is 1090. The van der Waals surface area contributed by atoms with Crippen molar-refractivity contribution in [1.82, 2.24) is 21.3 Å². The maximum Gasteiger partial charge on any atom is 0.254 e. The van der Waals surface area contributed by atoms with Crippen LogP contribution in [0.5, 0.6) is 0 Å². The Kier molecular flexibility index (Phi) is 15.6. The van der Waals surface area contributed by atoms with E-state index in [1.54, 1.807) is 0 Å². The molecule has 5 aliphatic rings. The van der Waals surface area contributed by atoms with Gasteiger partial charge in [-0.1, -0.05) is 110 Å². The lowest BCUT2D eigenvalue weighted by Crippen LogP contribution is -2.65. The molecule has 8 heteroatoms. The van der Waals surface area contributed by atoms with Gasteiger partial charge in [-0.05, 0) is 81.1 Å². The van der Waals surface area contributed by atoms with Crippen molar-refractivity contribution in [2.24, 2.45) is 5.92 Å². The first kappa shape index (κ1) is 43.5. The number of amides is 2. The minimum absolute atomic E-state index is 0.0899. The van der Waals surface area contributed by atoms with Crippen LogP contribution >= 0.6 is 0 Å². The van der Waals surface area contributed by atoms with Gasteiger partial charge in [-0.3, -0.25) is 9.59 Å². The zero-order chi connectivity index (χ0) is 38.1. The maximum atomic E-state index is 13.0. The summed E-state index contributed by atoms with van der Waals surface area (Å²) in [5, 5.41) is 13.7. The van der Waals surface area contributed by atoms with Crippen LogP contribution in [0, 0.1) is 5.92 Å². The number of rotatable bonds is 11. The minimum Gasteiger partial charge on any atom is -0.342 e. The molecule has 4 aliphatic heterocycles. The zero-order valence-corrected chi connectivity index (χ0v) is 35.3. The molecule has 4 saturated heterocycles. The Morgan fingerprint density at radius 3 is 1.37 bits per heavy atom. The molecule has 302 valence electrons. The molecule has 0 aromatic heterocycles. The Morgan fingerprint density at radius 2 is 0.904 bits per heavy atom. The number of hydrogen-bond donors (Lipinski definition) is 4. The van der Waals surface area contributed by atoms with Crippen LogP contribution in [0.15, 0.2) is 0 Å². The summed E-state index contributed by atoms with van der Waals surface area (Å²) < 4.78 is 13.0. The number of piperidine rings is 2. The van der Waals surface area contributed by atoms with Gasteiger partial charge in [-0.15, -0.1) is 0 Å². The van der Waals surface area contributed by atoms with Gasteiger partial charge >= 0.3 is 0 Å². The fourth-order valence-electron chi connectivity index (χ4n) is 11.0. The zero-order valence-electron chi connectivity index (χ0n) is 35.3. The standard InChI is InChI=1S/C22H40N2O2.C22H42N2O2/c1-20(2)15-22(16-21(3,4)24-20)19(25)23-18(26-22)17-13-11-9-7-5-6-8-10-12-14-17;1-6-7-8-9-10-11-12-13-14-15-18-23-19(25)22(26-18)16-20(2,3)24-21(4,5)17-22/h17-18,24H,5-16H2,1-4H3,(H,23,25);18,24H,6-17H2,1-5H3,(H,23,25). The van der Waals surface area contributed by atoms with Crippen molar-refractivity contribution in [2.75, 3.05) is 0 Å². The Labute approximate surface area is 319 Å². The average molecular weight is 731 g/mol. The molecule has 1 saturated carbocycles. The average Bonchev–Trinajstić information content (AvgIpc) is 3.43. The first-order valence-electron chi connectivity index (χ1n) is 22.0. The number of nitrogens with one attached hydrogen (secondary N) is 4. The van der Waals surface area contributed by atoms with Gasteiger partial charge in [0.2, 0.25) is 0 Å². The van der Waals surface area contributed by atoms with Crippen LogP contribution in [0.25, 0.3) is 0 Å². The van der Waals surface area contributed by atoms with Crippen LogP contribution in [0.4, 0.5) is 0 Å². The van der Waals surface area contributed by atoms with Crippen molar-refractivity contribution < 1.29 is 19.1 Å². The second-order valence-corrected chi connectivity index (χ2v) is 20.4. The smallest absolute Gasteiger partial charge is 0.254 e. The monoisotopic (exact) mass is 731 g/mol. The lowest BCUT2D eigenvalue weighted by Gasteiger charge is -2.49. The molecule has 4 N–H and O–H groups in total. The van der Waals surface area contributed by atoms with Gasteiger partial charge in [-0.2, -0.15) is 0 Å². The Hall–Kier alpha value is -1.22. The highest BCUT2D eigenvalue weighted by Gasteiger charge is 2.58. The van der Waals surface area contributed by atoms with E-state index >= 15 is 0 Å². The van der Waals surface area contributed by atoms with Crippen LogP contribution < -0.4 is 21.3 Å². The predicted octanol–water partition coefficient (Wildman–Crippen LogP) is 9.73. The first-order chi connectivity index (χ1) is 24.4. The molecule has 0 aromatic carbocycles. The molecule has 2 atom stereocenters. The van der Waals surface area contributed by atoms with Crippen LogP contribution in [0.1, 0.15) is 216 Å². The molecule has 2 amide bonds. The van der Waals surface area contributed by atoms with Crippen molar-refractivity contribution in [3.05, 3.63) is 0 Å². The van der Waals surface area contributed by atoms with Crippen molar-refractivity contribution in [1.29, 1.82) is 0 Å². The summed E-state index contributed by atoms with van der Waals surface area (Å²) in [6.45, 7) is 19.7. The molecular formula is C44H82N4O4. The second kappa shape index (κ2) is 18.6. The molecule has 52 heavy (non-hydrogen) atoms. The maximum absolute atomic E-state index is 13.0. The molecule has 0 radical (unpaired) electrons. The largest absolute Gasteiger partial charge is 0.342 e. The Balaban J connectivity index is 0.000000233. The molecule has 2 unspecified atom stereocenters. The van der Waals surface area contributed by atoms with E-state index < -0.39 is 11.2 Å². The summed E-state index contributed by atoms with van der Waals surface area (Å²) in [6.07, 6.45) is 28.7. The van der Waals surface area contributed by atoms with E-state index in [2.05, 4.69) is 83.6 Å². The predicted molar refractivity (Wildman–Crippen MR) is 214 cm³/mol. The molecule has 1 aliphatic carbocycles. The van der Waals surface area contributed by atoms with Crippen LogP contribution in [0.2, 0.25) is 0 Å². The van der Waals surface area contributed by atoms with Crippen LogP contribution in [-0.4, -0.2) is 57.6 Å². The molecule has 8 nitrogen and oxygen atoms in total. The van der Waals surface area contributed by atoms with E-state index in [-0.39, 0.29) is 46.4 Å². The third-order valence-electron chi connectivity index (χ3n) is 12.3. The summed E-state index contributed by atoms with van der Waals surface area (Å²) in [5.74, 6) is 0.693. The summed E-state index contributed by atoms with van der Waals surface area (Å²) in [4.78, 5) is 25.8. The van der Waals surface area contributed by atoms with Crippen molar-refractivity contribution in [2.45, 2.75) is 262 Å². The molecule has 4 heterocycles. The van der Waals surface area contributed by atoms with E-state index in [4.69, 9.17) is 9.47 Å². The van der Waals surface area contributed by atoms with Gasteiger partial charge in [0, 0.05) is 53.8 Å². The number of unbranched alkanes of at least 4 members (excludes halogenated alkanes) is 8. The van der Waals surface area contributed by atoms with Gasteiger partial charge in [0.25, 0.3) is 11.8 Å². The fourth-order valence-corrected chi connectivity index (χ4v) is 11.0. The van der Waals surface area contributed by atoms with Gasteiger partial charge < -0.3 is 30.7 Å². The lowest BCUT2D eigenvalue weighted by molar-refractivity contribution is -0.149. The van der Waals surface area contributed by atoms with E-state index in [9.17, 15) is 9.59 Å². The highest BCUT2D eigenvalue weighted by Crippen LogP contribution is 2.44. The highest BCUT2D eigenvalue weighted by atomic mass is 16.5. The summed E-state index contributed by atoms with van der Waals surface area (Å²) in [5.41, 5.74) is -1.68. The van der Waals surface area contributed by atoms with Crippen LogP contribution in [-0.2, 0) is 19.1 Å². The number of carbonyl (C=O) groups excluding carboxylic acids is 2. The molecular weight excluding hydrogens is 649 g/mol. The van der Waals surface area contributed by atoms with Crippen molar-refractivity contribution >= 4 is 11.8 Å². The quantitative estimate of drug-likeness (QED) is 0.158. The van der Waals surface area contributed by atoms with Gasteiger partial charge in [0.1, 0.15) is 12.5 Å². The molecule has 0 aromatic rings. The molecule has 2 spiro atoms. The summed E-state index contributed by atoms with van der Waals surface area (Å²) in [6, 6.07) is 0. The number of carbonyl (C=O) groups is 2. The van der Waals surface area contributed by atoms with Gasteiger partial charge in [0.15, 0.2) is 11.2 Å². The first-order valence-corrected chi connectivity index (χ1v) is 22.0. The van der Waals surface area contributed by atoms with Gasteiger partial charge in [0.05, 0.1) is 0 Å². The third kappa shape index (κ3) is 12.9. The lowest BCUT2D eigenvalue weighted by atomic mass is 9.72. The molecule has 5 fully saturated rings. The van der Waals surface area contributed by atoms with Crippen molar-refractivity contribution in [3.8, 4) is 0 Å². The highest BCUT2D eigenvalue weighted by molar-refractivity contribution is 5.88. The van der Waals surface area contributed by atoms with E-state index in [0.29, 0.717) is 5.92 Å². The second-order valence-electron chi connectivity index (χ2n) is 20.4. The Morgan fingerprint density at radius 1 is 0.519 bits per heavy atom. The summed E-state index contributed by atoms with van der Waals surface area (Å²) >= 11 is 0. The van der Waals surface area contributed by atoms with Crippen molar-refractivity contribution in [3.63, 3.8) is 0 Å². The summed E-state index contributed by atoms with van der Waals surface area (Å²) in [7, 11) is 0. The fraction of sp³-hybridized carbons (Fsp3) is 0.955. The topological polar surface area (TPSA) is 101 Å². The number of ether oxygens (including phenoxy) is 2. The normalized spacial score (nSPS) is 29.5.